The van der Waals surface area contributed by atoms with Gasteiger partial charge in [0.15, 0.2) is 0 Å². The van der Waals surface area contributed by atoms with E-state index in [-0.39, 0.29) is 17.9 Å². The first-order valence-electron chi connectivity index (χ1n) is 8.91. The minimum Gasteiger partial charge on any atom is -0.340 e. The number of benzene rings is 1. The smallest absolute Gasteiger partial charge is 0.253 e. The van der Waals surface area contributed by atoms with Crippen LogP contribution >= 0.6 is 0 Å². The van der Waals surface area contributed by atoms with Crippen LogP contribution in [0.15, 0.2) is 18.2 Å². The quantitative estimate of drug-likeness (QED) is 0.903. The summed E-state index contributed by atoms with van der Waals surface area (Å²) >= 11 is 0. The summed E-state index contributed by atoms with van der Waals surface area (Å²) in [5.41, 5.74) is 1.63. The molecule has 25 heavy (non-hydrogen) atoms. The predicted octanol–water partition coefficient (Wildman–Crippen LogP) is 1.82. The van der Waals surface area contributed by atoms with Gasteiger partial charge in [-0.15, -0.1) is 0 Å². The molecule has 1 spiro atoms. The van der Waals surface area contributed by atoms with Crippen molar-refractivity contribution in [2.75, 3.05) is 19.6 Å². The van der Waals surface area contributed by atoms with E-state index in [2.05, 4.69) is 29.3 Å². The van der Waals surface area contributed by atoms with Crippen LogP contribution in [0.1, 0.15) is 43.5 Å². The zero-order valence-electron chi connectivity index (χ0n) is 14.7. The van der Waals surface area contributed by atoms with Crippen LogP contribution in [0, 0.1) is 5.41 Å². The summed E-state index contributed by atoms with van der Waals surface area (Å²) in [5, 5.41) is 10.6. The van der Waals surface area contributed by atoms with Gasteiger partial charge in [0.05, 0.1) is 5.41 Å². The maximum Gasteiger partial charge on any atom is 0.253 e. The molecule has 0 aliphatic carbocycles. The summed E-state index contributed by atoms with van der Waals surface area (Å²) in [6.07, 6.45) is 2.64. The Morgan fingerprint density at radius 3 is 2.80 bits per heavy atom. The number of piperidine rings is 1. The first-order chi connectivity index (χ1) is 12.0. The number of hydrogen-bond donors (Lipinski definition) is 1. The van der Waals surface area contributed by atoms with Crippen molar-refractivity contribution < 1.29 is 9.59 Å². The Bertz CT molecular complexity index is 830. The number of amides is 2. The summed E-state index contributed by atoms with van der Waals surface area (Å²) in [6.45, 7) is 6.09. The lowest BCUT2D eigenvalue weighted by Crippen LogP contribution is -2.52. The van der Waals surface area contributed by atoms with E-state index in [1.54, 1.807) is 18.2 Å². The van der Waals surface area contributed by atoms with Gasteiger partial charge in [-0.2, -0.15) is 15.4 Å². The van der Waals surface area contributed by atoms with E-state index in [1.807, 2.05) is 9.80 Å². The maximum absolute atomic E-state index is 13.0. The number of hydrogen-bond acceptors (Lipinski definition) is 4. The Labute approximate surface area is 146 Å². The number of fused-ring (bicyclic) bond motifs is 1. The molecule has 0 unspecified atom stereocenters. The van der Waals surface area contributed by atoms with E-state index < -0.39 is 5.41 Å². The van der Waals surface area contributed by atoms with E-state index in [0.717, 1.165) is 31.3 Å². The number of likely N-dealkylation sites (tertiary alicyclic amines) is 2. The fourth-order valence-corrected chi connectivity index (χ4v) is 4.17. The molecule has 2 aliphatic rings. The molecule has 1 aromatic heterocycles. The Morgan fingerprint density at radius 1 is 1.20 bits per heavy atom. The number of aromatic nitrogens is 3. The summed E-state index contributed by atoms with van der Waals surface area (Å²) in [6, 6.07) is 5.55. The van der Waals surface area contributed by atoms with Gasteiger partial charge in [0.1, 0.15) is 11.0 Å². The van der Waals surface area contributed by atoms with Crippen LogP contribution in [-0.4, -0.2) is 62.7 Å². The van der Waals surface area contributed by atoms with Gasteiger partial charge in [0.25, 0.3) is 5.91 Å². The van der Waals surface area contributed by atoms with Crippen molar-refractivity contribution in [1.82, 2.24) is 25.2 Å². The summed E-state index contributed by atoms with van der Waals surface area (Å²) in [5.74, 6) is 0.187. The van der Waals surface area contributed by atoms with Crippen LogP contribution in [-0.2, 0) is 4.79 Å². The second kappa shape index (κ2) is 5.82. The molecule has 0 bridgehead atoms. The highest BCUT2D eigenvalue weighted by atomic mass is 16.2. The van der Waals surface area contributed by atoms with Gasteiger partial charge < -0.3 is 9.80 Å². The van der Waals surface area contributed by atoms with Crippen LogP contribution in [0.4, 0.5) is 0 Å². The highest BCUT2D eigenvalue weighted by Crippen LogP contribution is 2.41. The topological polar surface area (TPSA) is 82.2 Å². The van der Waals surface area contributed by atoms with Gasteiger partial charge in [-0.3, -0.25) is 9.59 Å². The third-order valence-corrected chi connectivity index (χ3v) is 5.60. The average Bonchev–Trinajstić information content (AvgIpc) is 3.23. The summed E-state index contributed by atoms with van der Waals surface area (Å²) in [4.78, 5) is 29.7. The number of carbonyl (C=O) groups is 2. The minimum absolute atomic E-state index is 0.0313. The van der Waals surface area contributed by atoms with Crippen LogP contribution in [0.25, 0.3) is 11.0 Å². The largest absolute Gasteiger partial charge is 0.340 e. The van der Waals surface area contributed by atoms with Crippen LogP contribution in [0.2, 0.25) is 0 Å². The van der Waals surface area contributed by atoms with Gasteiger partial charge in [-0.1, -0.05) is 0 Å². The molecule has 7 nitrogen and oxygen atoms in total. The van der Waals surface area contributed by atoms with Crippen molar-refractivity contribution in [2.45, 2.75) is 39.2 Å². The first kappa shape index (κ1) is 16.1. The second-order valence-electron chi connectivity index (χ2n) is 7.48. The van der Waals surface area contributed by atoms with E-state index in [9.17, 15) is 9.59 Å². The van der Waals surface area contributed by atoms with Crippen molar-refractivity contribution in [3.05, 3.63) is 23.8 Å². The lowest BCUT2D eigenvalue weighted by Gasteiger charge is -2.41. The zero-order valence-corrected chi connectivity index (χ0v) is 14.7. The first-order valence-corrected chi connectivity index (χ1v) is 8.91. The van der Waals surface area contributed by atoms with Crippen LogP contribution in [0.3, 0.4) is 0 Å². The lowest BCUT2D eigenvalue weighted by atomic mass is 9.78. The lowest BCUT2D eigenvalue weighted by molar-refractivity contribution is -0.147. The van der Waals surface area contributed by atoms with E-state index in [1.165, 1.54) is 0 Å². The molecule has 3 heterocycles. The normalized spacial score (nSPS) is 24.0. The number of nitrogens with zero attached hydrogens (tertiary/aromatic N) is 4. The number of nitrogens with one attached hydrogen (secondary N) is 1. The second-order valence-corrected chi connectivity index (χ2v) is 7.48. The molecule has 7 heteroatoms. The van der Waals surface area contributed by atoms with Gasteiger partial charge in [-0.05, 0) is 51.3 Å². The molecular formula is C18H23N5O2. The van der Waals surface area contributed by atoms with Crippen LogP contribution < -0.4 is 0 Å². The zero-order chi connectivity index (χ0) is 17.6. The number of H-pyrrole nitrogens is 1. The van der Waals surface area contributed by atoms with Crippen molar-refractivity contribution in [3.63, 3.8) is 0 Å². The Hall–Kier alpha value is -2.44. The molecule has 0 saturated carbocycles. The number of rotatable bonds is 2. The third-order valence-electron chi connectivity index (χ3n) is 5.60. The van der Waals surface area contributed by atoms with Gasteiger partial charge >= 0.3 is 0 Å². The van der Waals surface area contributed by atoms with Gasteiger partial charge in [-0.25, -0.2) is 0 Å². The highest BCUT2D eigenvalue weighted by Gasteiger charge is 2.49. The van der Waals surface area contributed by atoms with Crippen molar-refractivity contribution in [2.24, 2.45) is 5.41 Å². The van der Waals surface area contributed by atoms with Crippen molar-refractivity contribution in [3.8, 4) is 0 Å². The molecule has 4 rings (SSSR count). The monoisotopic (exact) mass is 341 g/mol. The molecule has 2 amide bonds. The summed E-state index contributed by atoms with van der Waals surface area (Å²) < 4.78 is 0. The van der Waals surface area contributed by atoms with Gasteiger partial charge in [0.2, 0.25) is 5.91 Å². The van der Waals surface area contributed by atoms with E-state index >= 15 is 0 Å². The fourth-order valence-electron chi connectivity index (χ4n) is 4.17. The summed E-state index contributed by atoms with van der Waals surface area (Å²) in [7, 11) is 0. The molecule has 2 fully saturated rings. The van der Waals surface area contributed by atoms with E-state index in [0.29, 0.717) is 24.2 Å². The van der Waals surface area contributed by atoms with Crippen LogP contribution in [0.5, 0.6) is 0 Å². The average molecular weight is 341 g/mol. The molecule has 1 atom stereocenters. The third kappa shape index (κ3) is 2.58. The molecule has 1 N–H and O–H groups in total. The number of carbonyl (C=O) groups excluding carboxylic acids is 2. The van der Waals surface area contributed by atoms with E-state index in [4.69, 9.17) is 0 Å². The van der Waals surface area contributed by atoms with Crippen molar-refractivity contribution in [1.29, 1.82) is 0 Å². The molecule has 2 saturated heterocycles. The Balaban J connectivity index is 1.55. The Kier molecular flexibility index (Phi) is 3.74. The maximum atomic E-state index is 13.0. The fraction of sp³-hybridized carbons (Fsp3) is 0.556. The van der Waals surface area contributed by atoms with Gasteiger partial charge in [0, 0.05) is 31.2 Å². The molecule has 2 aliphatic heterocycles. The molecular weight excluding hydrogens is 318 g/mol. The predicted molar refractivity (Wildman–Crippen MR) is 92.9 cm³/mol. The number of aromatic amines is 1. The molecule has 0 radical (unpaired) electrons. The molecule has 132 valence electrons. The highest BCUT2D eigenvalue weighted by molar-refractivity contribution is 5.98. The van der Waals surface area contributed by atoms with Crippen molar-refractivity contribution >= 4 is 22.8 Å². The molecule has 2 aromatic rings. The Morgan fingerprint density at radius 2 is 2.00 bits per heavy atom. The SMILES string of the molecule is CC(C)N1CCC[C@]2(CCN(C(=O)c3ccc4n[nH]nc4c3)C2)C1=O. The molecule has 1 aromatic carbocycles. The minimum atomic E-state index is -0.393. The standard InChI is InChI=1S/C18H23N5O2/c1-12(2)23-8-3-6-18(17(23)25)7-9-22(11-18)16(24)13-4-5-14-15(10-13)20-21-19-14/h4-5,10,12H,3,6-9,11H2,1-2H3,(H,19,20,21)/t18-/m1/s1.